The highest BCUT2D eigenvalue weighted by Crippen LogP contribution is 2.24. The Hall–Kier alpha value is -0.610. The van der Waals surface area contributed by atoms with Gasteiger partial charge in [0.2, 0.25) is 0 Å². The molecule has 1 fully saturated rings. The molecule has 0 aliphatic carbocycles. The van der Waals surface area contributed by atoms with E-state index >= 15 is 0 Å². The van der Waals surface area contributed by atoms with E-state index in [2.05, 4.69) is 31.9 Å². The zero-order valence-electron chi connectivity index (χ0n) is 9.53. The number of hydrogen-bond donors (Lipinski definition) is 0. The highest BCUT2D eigenvalue weighted by atomic mass is 79.9. The lowest BCUT2D eigenvalue weighted by Crippen LogP contribution is -2.37. The predicted molar refractivity (Wildman–Crippen MR) is 68.8 cm³/mol. The zero-order chi connectivity index (χ0) is 11.4. The fraction of sp³-hybridized carbons (Fsp3) is 0.583. The lowest BCUT2D eigenvalue weighted by molar-refractivity contribution is 0.143. The van der Waals surface area contributed by atoms with Crippen molar-refractivity contribution in [2.75, 3.05) is 31.7 Å². The monoisotopic (exact) mass is 284 g/mol. The van der Waals surface area contributed by atoms with Gasteiger partial charge in [0.05, 0.1) is 18.5 Å². The molecule has 2 rings (SSSR count). The molecular weight excluding hydrogens is 268 g/mol. The number of hydrogen-bond acceptors (Lipinski definition) is 3. The molecule has 88 valence electrons. The molecule has 0 saturated carbocycles. The van der Waals surface area contributed by atoms with Crippen LogP contribution in [0.4, 0.5) is 5.69 Å². The fourth-order valence-corrected chi connectivity index (χ4v) is 2.60. The Kier molecular flexibility index (Phi) is 4.18. The minimum Gasteiger partial charge on any atom is -0.384 e. The molecule has 1 atom stereocenters. The van der Waals surface area contributed by atoms with Crippen LogP contribution in [0, 0.1) is 5.92 Å². The van der Waals surface area contributed by atoms with E-state index in [0.717, 1.165) is 24.2 Å². The number of rotatable bonds is 3. The fourth-order valence-electron chi connectivity index (χ4n) is 2.24. The number of pyridine rings is 1. The maximum Gasteiger partial charge on any atom is 0.0564 e. The molecule has 1 aliphatic heterocycles. The molecule has 4 heteroatoms. The number of ether oxygens (including phenoxy) is 1. The number of piperidine rings is 1. The van der Waals surface area contributed by atoms with Crippen molar-refractivity contribution >= 4 is 21.6 Å². The third kappa shape index (κ3) is 2.95. The smallest absolute Gasteiger partial charge is 0.0564 e. The average Bonchev–Trinajstić information content (AvgIpc) is 2.30. The Balaban J connectivity index is 2.03. The first-order valence-electron chi connectivity index (χ1n) is 5.64. The minimum atomic E-state index is 0.651. The molecule has 2 heterocycles. The largest absolute Gasteiger partial charge is 0.384 e. The zero-order valence-corrected chi connectivity index (χ0v) is 11.1. The average molecular weight is 285 g/mol. The summed E-state index contributed by atoms with van der Waals surface area (Å²) < 4.78 is 6.28. The molecule has 1 unspecified atom stereocenters. The molecule has 0 aromatic carbocycles. The first-order valence-corrected chi connectivity index (χ1v) is 6.43. The molecule has 0 spiro atoms. The van der Waals surface area contributed by atoms with E-state index in [1.54, 1.807) is 7.11 Å². The first kappa shape index (κ1) is 11.9. The van der Waals surface area contributed by atoms with Gasteiger partial charge in [-0.25, -0.2) is 0 Å². The van der Waals surface area contributed by atoms with E-state index in [1.165, 1.54) is 18.5 Å². The molecule has 1 saturated heterocycles. The lowest BCUT2D eigenvalue weighted by atomic mass is 9.99. The van der Waals surface area contributed by atoms with Crippen LogP contribution in [0.5, 0.6) is 0 Å². The van der Waals surface area contributed by atoms with E-state index in [1.807, 2.05) is 12.4 Å². The number of anilines is 1. The number of methoxy groups -OCH3 is 1. The van der Waals surface area contributed by atoms with Crippen molar-refractivity contribution in [1.29, 1.82) is 0 Å². The van der Waals surface area contributed by atoms with E-state index < -0.39 is 0 Å². The molecule has 0 bridgehead atoms. The summed E-state index contributed by atoms with van der Waals surface area (Å²) in [6.45, 7) is 3.06. The summed E-state index contributed by atoms with van der Waals surface area (Å²) in [5.74, 6) is 0.651. The number of aromatic nitrogens is 1. The number of nitrogens with zero attached hydrogens (tertiary/aromatic N) is 2. The van der Waals surface area contributed by atoms with Gasteiger partial charge in [-0.05, 0) is 40.8 Å². The van der Waals surface area contributed by atoms with Gasteiger partial charge in [0.1, 0.15) is 0 Å². The molecule has 3 nitrogen and oxygen atoms in total. The van der Waals surface area contributed by atoms with Crippen LogP contribution in [0.15, 0.2) is 22.9 Å². The minimum absolute atomic E-state index is 0.651. The van der Waals surface area contributed by atoms with Crippen LogP contribution < -0.4 is 4.90 Å². The second-order valence-electron chi connectivity index (χ2n) is 4.27. The normalized spacial score (nSPS) is 21.1. The Morgan fingerprint density at radius 1 is 1.56 bits per heavy atom. The van der Waals surface area contributed by atoms with Gasteiger partial charge in [-0.1, -0.05) is 0 Å². The van der Waals surface area contributed by atoms with Crippen LogP contribution in [0.25, 0.3) is 0 Å². The van der Waals surface area contributed by atoms with E-state index in [0.29, 0.717) is 5.92 Å². The highest BCUT2D eigenvalue weighted by Gasteiger charge is 2.20. The predicted octanol–water partition coefficient (Wildman–Crippen LogP) is 2.71. The van der Waals surface area contributed by atoms with Gasteiger partial charge in [-0.15, -0.1) is 0 Å². The summed E-state index contributed by atoms with van der Waals surface area (Å²) in [6.07, 6.45) is 6.26. The van der Waals surface area contributed by atoms with Crippen LogP contribution in [-0.2, 0) is 4.74 Å². The standard InChI is InChI=1S/C12H17BrN2O/c1-16-9-10-3-2-4-15(8-10)12-5-11(13)6-14-7-12/h5-7,10H,2-4,8-9H2,1H3. The second kappa shape index (κ2) is 5.64. The quantitative estimate of drug-likeness (QED) is 0.854. The van der Waals surface area contributed by atoms with Gasteiger partial charge in [0.25, 0.3) is 0 Å². The molecule has 1 aliphatic rings. The van der Waals surface area contributed by atoms with Crippen LogP contribution in [0.1, 0.15) is 12.8 Å². The van der Waals surface area contributed by atoms with Crippen LogP contribution >= 0.6 is 15.9 Å². The third-order valence-electron chi connectivity index (χ3n) is 2.98. The Bertz CT molecular complexity index is 344. The maximum atomic E-state index is 5.24. The molecule has 1 aromatic rings. The molecule has 16 heavy (non-hydrogen) atoms. The van der Waals surface area contributed by atoms with Gasteiger partial charge >= 0.3 is 0 Å². The Labute approximate surface area is 105 Å². The van der Waals surface area contributed by atoms with Crippen molar-refractivity contribution in [2.45, 2.75) is 12.8 Å². The van der Waals surface area contributed by atoms with Crippen LogP contribution in [0.2, 0.25) is 0 Å². The van der Waals surface area contributed by atoms with Crippen molar-refractivity contribution in [3.8, 4) is 0 Å². The Morgan fingerprint density at radius 2 is 2.44 bits per heavy atom. The van der Waals surface area contributed by atoms with Crippen molar-refractivity contribution in [3.05, 3.63) is 22.9 Å². The van der Waals surface area contributed by atoms with Crippen molar-refractivity contribution in [1.82, 2.24) is 4.98 Å². The summed E-state index contributed by atoms with van der Waals surface area (Å²) in [7, 11) is 1.78. The SMILES string of the molecule is COCC1CCCN(c2cncc(Br)c2)C1. The Morgan fingerprint density at radius 3 is 3.19 bits per heavy atom. The van der Waals surface area contributed by atoms with E-state index in [4.69, 9.17) is 4.74 Å². The van der Waals surface area contributed by atoms with E-state index in [9.17, 15) is 0 Å². The summed E-state index contributed by atoms with van der Waals surface area (Å²) in [6, 6.07) is 2.13. The molecule has 0 radical (unpaired) electrons. The topological polar surface area (TPSA) is 25.4 Å². The van der Waals surface area contributed by atoms with Gasteiger partial charge < -0.3 is 9.64 Å². The molecule has 1 aromatic heterocycles. The third-order valence-corrected chi connectivity index (χ3v) is 3.41. The van der Waals surface area contributed by atoms with Crippen molar-refractivity contribution in [3.63, 3.8) is 0 Å². The van der Waals surface area contributed by atoms with Crippen LogP contribution in [-0.4, -0.2) is 31.8 Å². The summed E-state index contributed by atoms with van der Waals surface area (Å²) in [5.41, 5.74) is 1.20. The molecule has 0 N–H and O–H groups in total. The van der Waals surface area contributed by atoms with E-state index in [-0.39, 0.29) is 0 Å². The summed E-state index contributed by atoms with van der Waals surface area (Å²) >= 11 is 3.46. The number of halogens is 1. The molecule has 0 amide bonds. The second-order valence-corrected chi connectivity index (χ2v) is 5.19. The van der Waals surface area contributed by atoms with Crippen LogP contribution in [0.3, 0.4) is 0 Å². The lowest BCUT2D eigenvalue weighted by Gasteiger charge is -2.33. The van der Waals surface area contributed by atoms with Crippen molar-refractivity contribution in [2.24, 2.45) is 5.92 Å². The van der Waals surface area contributed by atoms with Gasteiger partial charge in [-0.3, -0.25) is 4.98 Å². The van der Waals surface area contributed by atoms with Gasteiger partial charge in [-0.2, -0.15) is 0 Å². The summed E-state index contributed by atoms with van der Waals surface area (Å²) in [4.78, 5) is 6.60. The van der Waals surface area contributed by atoms with Gasteiger partial charge in [0, 0.05) is 30.9 Å². The molecular formula is C12H17BrN2O. The first-order chi connectivity index (χ1) is 7.79. The van der Waals surface area contributed by atoms with Crippen molar-refractivity contribution < 1.29 is 4.74 Å². The maximum absolute atomic E-state index is 5.24. The summed E-state index contributed by atoms with van der Waals surface area (Å²) in [5, 5.41) is 0. The highest BCUT2D eigenvalue weighted by molar-refractivity contribution is 9.10. The van der Waals surface area contributed by atoms with Gasteiger partial charge in [0.15, 0.2) is 0 Å².